The summed E-state index contributed by atoms with van der Waals surface area (Å²) in [5.74, 6) is 0.346. The SMILES string of the molecule is C=C(CC)CC(O)C1CCCc2sccc21. The Morgan fingerprint density at radius 2 is 2.50 bits per heavy atom. The number of fused-ring (bicyclic) bond motifs is 1. The molecule has 0 bridgehead atoms. The molecule has 1 aliphatic rings. The summed E-state index contributed by atoms with van der Waals surface area (Å²) in [4.78, 5) is 1.48. The zero-order valence-corrected chi connectivity index (χ0v) is 10.7. The van der Waals surface area contributed by atoms with Crippen LogP contribution in [0.1, 0.15) is 49.0 Å². The van der Waals surface area contributed by atoms with Crippen molar-refractivity contribution >= 4 is 11.3 Å². The topological polar surface area (TPSA) is 20.2 Å². The minimum atomic E-state index is -0.235. The van der Waals surface area contributed by atoms with Crippen LogP contribution in [0.25, 0.3) is 0 Å². The summed E-state index contributed by atoms with van der Waals surface area (Å²) < 4.78 is 0. The summed E-state index contributed by atoms with van der Waals surface area (Å²) in [5.41, 5.74) is 2.56. The lowest BCUT2D eigenvalue weighted by Crippen LogP contribution is -2.22. The molecule has 1 heterocycles. The molecule has 0 fully saturated rings. The van der Waals surface area contributed by atoms with Crippen molar-refractivity contribution in [3.8, 4) is 0 Å². The summed E-state index contributed by atoms with van der Waals surface area (Å²) in [5, 5.41) is 12.4. The van der Waals surface area contributed by atoms with E-state index < -0.39 is 0 Å². The first-order chi connectivity index (χ1) is 7.72. The van der Waals surface area contributed by atoms with Gasteiger partial charge in [0.05, 0.1) is 6.10 Å². The molecule has 0 saturated heterocycles. The lowest BCUT2D eigenvalue weighted by Gasteiger charge is -2.27. The Morgan fingerprint density at radius 3 is 3.25 bits per heavy atom. The smallest absolute Gasteiger partial charge is 0.0646 e. The monoisotopic (exact) mass is 236 g/mol. The first kappa shape index (κ1) is 11.9. The van der Waals surface area contributed by atoms with E-state index in [0.717, 1.165) is 24.8 Å². The Hall–Kier alpha value is -0.600. The molecule has 1 nitrogen and oxygen atoms in total. The van der Waals surface area contributed by atoms with E-state index in [4.69, 9.17) is 0 Å². The lowest BCUT2D eigenvalue weighted by atomic mass is 9.82. The molecule has 0 spiro atoms. The van der Waals surface area contributed by atoms with E-state index in [-0.39, 0.29) is 6.10 Å². The third kappa shape index (κ3) is 2.38. The van der Waals surface area contributed by atoms with Crippen molar-refractivity contribution in [2.24, 2.45) is 0 Å². The Morgan fingerprint density at radius 1 is 1.69 bits per heavy atom. The molecule has 16 heavy (non-hydrogen) atoms. The molecule has 0 aliphatic heterocycles. The highest BCUT2D eigenvalue weighted by atomic mass is 32.1. The molecule has 2 heteroatoms. The van der Waals surface area contributed by atoms with E-state index >= 15 is 0 Å². The van der Waals surface area contributed by atoms with Crippen molar-refractivity contribution in [3.05, 3.63) is 34.0 Å². The number of rotatable bonds is 4. The van der Waals surface area contributed by atoms with E-state index in [1.165, 1.54) is 23.3 Å². The predicted molar refractivity (Wildman–Crippen MR) is 70.1 cm³/mol. The molecule has 1 N–H and O–H groups in total. The highest BCUT2D eigenvalue weighted by Gasteiger charge is 2.27. The van der Waals surface area contributed by atoms with Crippen LogP contribution in [0, 0.1) is 0 Å². The second kappa shape index (κ2) is 5.15. The van der Waals surface area contributed by atoms with E-state index in [0.29, 0.717) is 5.92 Å². The van der Waals surface area contributed by atoms with Crippen LogP contribution in [0.2, 0.25) is 0 Å². The third-order valence-corrected chi connectivity index (χ3v) is 4.56. The number of aliphatic hydroxyl groups excluding tert-OH is 1. The fraction of sp³-hybridized carbons (Fsp3) is 0.571. The van der Waals surface area contributed by atoms with Gasteiger partial charge < -0.3 is 5.11 Å². The van der Waals surface area contributed by atoms with Crippen LogP contribution in [-0.2, 0) is 6.42 Å². The second-order valence-electron chi connectivity index (χ2n) is 4.67. The molecule has 1 aromatic rings. The third-order valence-electron chi connectivity index (χ3n) is 3.56. The van der Waals surface area contributed by atoms with Gasteiger partial charge in [-0.15, -0.1) is 11.3 Å². The average Bonchev–Trinajstić information content (AvgIpc) is 2.76. The van der Waals surface area contributed by atoms with Gasteiger partial charge in [-0.05, 0) is 49.1 Å². The minimum absolute atomic E-state index is 0.235. The van der Waals surface area contributed by atoms with Crippen LogP contribution in [0.15, 0.2) is 23.6 Å². The van der Waals surface area contributed by atoms with Crippen molar-refractivity contribution in [3.63, 3.8) is 0 Å². The lowest BCUT2D eigenvalue weighted by molar-refractivity contribution is 0.134. The molecule has 1 aliphatic carbocycles. The molecule has 2 rings (SSSR count). The number of hydrogen-bond donors (Lipinski definition) is 1. The standard InChI is InChI=1S/C14H20OS/c1-3-10(2)9-13(15)11-5-4-6-14-12(11)7-8-16-14/h7-8,11,13,15H,2-6,9H2,1H3. The summed E-state index contributed by atoms with van der Waals surface area (Å²) in [7, 11) is 0. The number of aryl methyl sites for hydroxylation is 1. The summed E-state index contributed by atoms with van der Waals surface area (Å²) in [6, 6.07) is 2.20. The maximum Gasteiger partial charge on any atom is 0.0646 e. The van der Waals surface area contributed by atoms with E-state index in [9.17, 15) is 5.11 Å². The fourth-order valence-electron chi connectivity index (χ4n) is 2.50. The van der Waals surface area contributed by atoms with Crippen molar-refractivity contribution in [2.75, 3.05) is 0 Å². The molecule has 1 aromatic heterocycles. The van der Waals surface area contributed by atoms with Crippen molar-refractivity contribution < 1.29 is 5.11 Å². The predicted octanol–water partition coefficient (Wildman–Crippen LogP) is 3.89. The molecule has 88 valence electrons. The van der Waals surface area contributed by atoms with Gasteiger partial charge in [0.15, 0.2) is 0 Å². The maximum atomic E-state index is 10.3. The Balaban J connectivity index is 2.09. The van der Waals surface area contributed by atoms with Crippen molar-refractivity contribution in [1.29, 1.82) is 0 Å². The van der Waals surface area contributed by atoms with Crippen LogP contribution in [0.3, 0.4) is 0 Å². The van der Waals surface area contributed by atoms with Crippen molar-refractivity contribution in [1.82, 2.24) is 0 Å². The highest BCUT2D eigenvalue weighted by Crippen LogP contribution is 2.38. The summed E-state index contributed by atoms with van der Waals surface area (Å²) >= 11 is 1.84. The van der Waals surface area contributed by atoms with Gasteiger partial charge in [-0.3, -0.25) is 0 Å². The zero-order valence-electron chi connectivity index (χ0n) is 9.91. The van der Waals surface area contributed by atoms with E-state index in [1.54, 1.807) is 0 Å². The fourth-order valence-corrected chi connectivity index (χ4v) is 3.50. The quantitative estimate of drug-likeness (QED) is 0.786. The number of aliphatic hydroxyl groups is 1. The Kier molecular flexibility index (Phi) is 3.82. The van der Waals surface area contributed by atoms with E-state index in [1.807, 2.05) is 11.3 Å². The van der Waals surface area contributed by atoms with Gasteiger partial charge in [-0.25, -0.2) is 0 Å². The van der Waals surface area contributed by atoms with Gasteiger partial charge in [0.1, 0.15) is 0 Å². The zero-order chi connectivity index (χ0) is 11.5. The molecule has 0 radical (unpaired) electrons. The van der Waals surface area contributed by atoms with E-state index in [2.05, 4.69) is 24.9 Å². The molecular formula is C14H20OS. The van der Waals surface area contributed by atoms with Crippen LogP contribution >= 0.6 is 11.3 Å². The van der Waals surface area contributed by atoms with Crippen LogP contribution in [0.5, 0.6) is 0 Å². The van der Waals surface area contributed by atoms with Gasteiger partial charge in [0.2, 0.25) is 0 Å². The number of thiophene rings is 1. The maximum absolute atomic E-state index is 10.3. The van der Waals surface area contributed by atoms with Gasteiger partial charge >= 0.3 is 0 Å². The van der Waals surface area contributed by atoms with Gasteiger partial charge in [0.25, 0.3) is 0 Å². The molecule has 2 unspecified atom stereocenters. The minimum Gasteiger partial charge on any atom is -0.392 e. The molecular weight excluding hydrogens is 216 g/mol. The molecule has 0 amide bonds. The van der Waals surface area contributed by atoms with Crippen LogP contribution < -0.4 is 0 Å². The second-order valence-corrected chi connectivity index (χ2v) is 5.67. The molecule has 2 atom stereocenters. The molecule has 0 saturated carbocycles. The Labute approximate surface area is 102 Å². The number of hydrogen-bond acceptors (Lipinski definition) is 2. The van der Waals surface area contributed by atoms with Gasteiger partial charge in [-0.1, -0.05) is 19.1 Å². The highest BCUT2D eigenvalue weighted by molar-refractivity contribution is 7.10. The summed E-state index contributed by atoms with van der Waals surface area (Å²) in [6.07, 6.45) is 5.04. The Bertz CT molecular complexity index is 367. The molecule has 0 aromatic carbocycles. The van der Waals surface area contributed by atoms with Crippen LogP contribution in [0.4, 0.5) is 0 Å². The van der Waals surface area contributed by atoms with Gasteiger partial charge in [0, 0.05) is 10.8 Å². The van der Waals surface area contributed by atoms with Crippen LogP contribution in [-0.4, -0.2) is 11.2 Å². The van der Waals surface area contributed by atoms with Gasteiger partial charge in [-0.2, -0.15) is 0 Å². The average molecular weight is 236 g/mol. The van der Waals surface area contributed by atoms with Crippen molar-refractivity contribution in [2.45, 2.75) is 51.0 Å². The first-order valence-electron chi connectivity index (χ1n) is 6.13. The summed E-state index contributed by atoms with van der Waals surface area (Å²) in [6.45, 7) is 6.10. The largest absolute Gasteiger partial charge is 0.392 e. The normalized spacial score (nSPS) is 21.5. The first-order valence-corrected chi connectivity index (χ1v) is 7.01.